The molecule has 0 amide bonds. The van der Waals surface area contributed by atoms with Crippen LogP contribution in [-0.2, 0) is 13.6 Å². The third-order valence-electron chi connectivity index (χ3n) is 3.84. The molecule has 0 N–H and O–H groups in total. The van der Waals surface area contributed by atoms with Gasteiger partial charge in [0.05, 0.1) is 17.3 Å². The molecule has 0 saturated carbocycles. The summed E-state index contributed by atoms with van der Waals surface area (Å²) in [7, 11) is 1.88. The Labute approximate surface area is 129 Å². The minimum absolute atomic E-state index is 0.215. The molecule has 114 valence electrons. The molecule has 6 nitrogen and oxygen atoms in total. The van der Waals surface area contributed by atoms with E-state index in [2.05, 4.69) is 21.3 Å². The SMILES string of the molecule is Cn1cc(CN2CCC(Oc3cccc(C#N)c3)CC2)nn1. The Kier molecular flexibility index (Phi) is 4.35. The fraction of sp³-hybridized carbons (Fsp3) is 0.438. The van der Waals surface area contributed by atoms with Crippen LogP contribution in [-0.4, -0.2) is 39.1 Å². The Bertz CT molecular complexity index is 667. The van der Waals surface area contributed by atoms with Crippen molar-refractivity contribution < 1.29 is 4.74 Å². The van der Waals surface area contributed by atoms with Gasteiger partial charge in [-0.05, 0) is 31.0 Å². The highest BCUT2D eigenvalue weighted by atomic mass is 16.5. The summed E-state index contributed by atoms with van der Waals surface area (Å²) in [4.78, 5) is 2.37. The normalized spacial score (nSPS) is 16.4. The zero-order valence-corrected chi connectivity index (χ0v) is 12.6. The van der Waals surface area contributed by atoms with Gasteiger partial charge in [-0.3, -0.25) is 9.58 Å². The van der Waals surface area contributed by atoms with Gasteiger partial charge in [0, 0.05) is 32.9 Å². The van der Waals surface area contributed by atoms with Crippen molar-refractivity contribution in [3.05, 3.63) is 41.7 Å². The third kappa shape index (κ3) is 3.62. The van der Waals surface area contributed by atoms with Gasteiger partial charge in [-0.25, -0.2) is 0 Å². The topological polar surface area (TPSA) is 67.0 Å². The van der Waals surface area contributed by atoms with E-state index in [1.54, 1.807) is 16.8 Å². The average Bonchev–Trinajstić information content (AvgIpc) is 2.94. The van der Waals surface area contributed by atoms with E-state index in [1.165, 1.54) is 0 Å². The second-order valence-electron chi connectivity index (χ2n) is 5.62. The number of hydrogen-bond acceptors (Lipinski definition) is 5. The van der Waals surface area contributed by atoms with Crippen LogP contribution >= 0.6 is 0 Å². The minimum Gasteiger partial charge on any atom is -0.490 e. The van der Waals surface area contributed by atoms with Crippen molar-refractivity contribution in [2.24, 2.45) is 7.05 Å². The number of hydrogen-bond donors (Lipinski definition) is 0. The summed E-state index contributed by atoms with van der Waals surface area (Å²) in [6.45, 7) is 2.81. The van der Waals surface area contributed by atoms with Crippen molar-refractivity contribution in [2.45, 2.75) is 25.5 Å². The Morgan fingerprint density at radius 2 is 2.18 bits per heavy atom. The molecule has 1 aliphatic heterocycles. The van der Waals surface area contributed by atoms with E-state index in [4.69, 9.17) is 10.00 Å². The highest BCUT2D eigenvalue weighted by molar-refractivity contribution is 5.36. The monoisotopic (exact) mass is 297 g/mol. The highest BCUT2D eigenvalue weighted by Crippen LogP contribution is 2.20. The van der Waals surface area contributed by atoms with Gasteiger partial charge in [0.1, 0.15) is 11.9 Å². The highest BCUT2D eigenvalue weighted by Gasteiger charge is 2.21. The Morgan fingerprint density at radius 3 is 2.86 bits per heavy atom. The summed E-state index contributed by atoms with van der Waals surface area (Å²) in [5.74, 6) is 0.784. The number of ether oxygens (including phenoxy) is 1. The van der Waals surface area contributed by atoms with E-state index in [1.807, 2.05) is 25.4 Å². The lowest BCUT2D eigenvalue weighted by molar-refractivity contribution is 0.0961. The van der Waals surface area contributed by atoms with Crippen molar-refractivity contribution in [1.29, 1.82) is 5.26 Å². The molecule has 0 aliphatic carbocycles. The molecule has 2 aromatic rings. The summed E-state index contributed by atoms with van der Waals surface area (Å²) >= 11 is 0. The minimum atomic E-state index is 0.215. The number of rotatable bonds is 4. The third-order valence-corrected chi connectivity index (χ3v) is 3.84. The Hall–Kier alpha value is -2.39. The molecule has 0 atom stereocenters. The summed E-state index contributed by atoms with van der Waals surface area (Å²) in [5.41, 5.74) is 1.64. The summed E-state index contributed by atoms with van der Waals surface area (Å²) < 4.78 is 7.72. The first kappa shape index (κ1) is 14.5. The molecule has 0 bridgehead atoms. The molecule has 1 saturated heterocycles. The lowest BCUT2D eigenvalue weighted by Gasteiger charge is -2.31. The van der Waals surface area contributed by atoms with Crippen molar-refractivity contribution in [2.75, 3.05) is 13.1 Å². The molecular weight excluding hydrogens is 278 g/mol. The van der Waals surface area contributed by atoms with Gasteiger partial charge >= 0.3 is 0 Å². The molecule has 1 fully saturated rings. The number of benzene rings is 1. The first-order chi connectivity index (χ1) is 10.7. The van der Waals surface area contributed by atoms with E-state index in [0.29, 0.717) is 5.56 Å². The Morgan fingerprint density at radius 1 is 1.36 bits per heavy atom. The largest absolute Gasteiger partial charge is 0.490 e. The predicted molar refractivity (Wildman–Crippen MR) is 81.1 cm³/mol. The van der Waals surface area contributed by atoms with E-state index < -0.39 is 0 Å². The summed E-state index contributed by atoms with van der Waals surface area (Å²) in [6, 6.07) is 9.49. The molecule has 22 heavy (non-hydrogen) atoms. The fourth-order valence-electron chi connectivity index (χ4n) is 2.71. The van der Waals surface area contributed by atoms with E-state index in [9.17, 15) is 0 Å². The van der Waals surface area contributed by atoms with Crippen molar-refractivity contribution in [3.63, 3.8) is 0 Å². The average molecular weight is 297 g/mol. The van der Waals surface area contributed by atoms with Crippen LogP contribution in [0.25, 0.3) is 0 Å². The zero-order chi connectivity index (χ0) is 15.4. The van der Waals surface area contributed by atoms with Gasteiger partial charge in [-0.15, -0.1) is 5.10 Å². The van der Waals surface area contributed by atoms with Crippen LogP contribution in [0.15, 0.2) is 30.5 Å². The summed E-state index contributed by atoms with van der Waals surface area (Å²) in [5, 5.41) is 17.0. The Balaban J connectivity index is 1.50. The predicted octanol–water partition coefficient (Wildman–Crippen LogP) is 1.73. The van der Waals surface area contributed by atoms with Crippen LogP contribution in [0.3, 0.4) is 0 Å². The molecular formula is C16H19N5O. The maximum absolute atomic E-state index is 8.92. The summed E-state index contributed by atoms with van der Waals surface area (Å²) in [6.07, 6.45) is 4.14. The fourth-order valence-corrected chi connectivity index (χ4v) is 2.71. The standard InChI is InChI=1S/C16H19N5O/c1-20-11-14(18-19-20)12-21-7-5-15(6-8-21)22-16-4-2-3-13(9-16)10-17/h2-4,9,11,15H,5-8,12H2,1H3. The van der Waals surface area contributed by atoms with Gasteiger partial charge in [-0.1, -0.05) is 11.3 Å². The quantitative estimate of drug-likeness (QED) is 0.860. The maximum Gasteiger partial charge on any atom is 0.121 e. The number of aryl methyl sites for hydroxylation is 1. The van der Waals surface area contributed by atoms with Crippen molar-refractivity contribution in [1.82, 2.24) is 19.9 Å². The van der Waals surface area contributed by atoms with E-state index in [-0.39, 0.29) is 6.10 Å². The number of piperidine rings is 1. The number of nitrogens with zero attached hydrogens (tertiary/aromatic N) is 5. The van der Waals surface area contributed by atoms with Gasteiger partial charge in [0.2, 0.25) is 0 Å². The molecule has 0 unspecified atom stereocenters. The van der Waals surface area contributed by atoms with Crippen LogP contribution < -0.4 is 4.74 Å². The van der Waals surface area contributed by atoms with Crippen LogP contribution in [0.2, 0.25) is 0 Å². The molecule has 1 aromatic carbocycles. The lowest BCUT2D eigenvalue weighted by Crippen LogP contribution is -2.37. The molecule has 0 radical (unpaired) electrons. The first-order valence-electron chi connectivity index (χ1n) is 7.47. The molecule has 1 aromatic heterocycles. The number of nitriles is 1. The second kappa shape index (κ2) is 6.58. The van der Waals surface area contributed by atoms with Gasteiger partial charge in [0.15, 0.2) is 0 Å². The molecule has 0 spiro atoms. The van der Waals surface area contributed by atoms with Crippen molar-refractivity contribution in [3.8, 4) is 11.8 Å². The lowest BCUT2D eigenvalue weighted by atomic mass is 10.1. The van der Waals surface area contributed by atoms with Crippen LogP contribution in [0.5, 0.6) is 5.75 Å². The van der Waals surface area contributed by atoms with Crippen molar-refractivity contribution >= 4 is 0 Å². The zero-order valence-electron chi connectivity index (χ0n) is 12.6. The van der Waals surface area contributed by atoms with Gasteiger partial charge in [-0.2, -0.15) is 5.26 Å². The second-order valence-corrected chi connectivity index (χ2v) is 5.62. The number of aromatic nitrogens is 3. The van der Waals surface area contributed by atoms with Crippen LogP contribution in [0.4, 0.5) is 0 Å². The molecule has 2 heterocycles. The number of likely N-dealkylation sites (tertiary alicyclic amines) is 1. The molecule has 6 heteroatoms. The molecule has 3 rings (SSSR count). The van der Waals surface area contributed by atoms with Crippen LogP contribution in [0.1, 0.15) is 24.1 Å². The van der Waals surface area contributed by atoms with E-state index >= 15 is 0 Å². The molecule has 1 aliphatic rings. The van der Waals surface area contributed by atoms with E-state index in [0.717, 1.165) is 43.9 Å². The smallest absolute Gasteiger partial charge is 0.121 e. The first-order valence-corrected chi connectivity index (χ1v) is 7.47. The van der Waals surface area contributed by atoms with Gasteiger partial charge < -0.3 is 4.74 Å². The maximum atomic E-state index is 8.92. The van der Waals surface area contributed by atoms with Gasteiger partial charge in [0.25, 0.3) is 0 Å². The van der Waals surface area contributed by atoms with Crippen LogP contribution in [0, 0.1) is 11.3 Å².